The van der Waals surface area contributed by atoms with Gasteiger partial charge in [0.25, 0.3) is 0 Å². The van der Waals surface area contributed by atoms with Crippen LogP contribution in [0.4, 0.5) is 0 Å². The highest BCUT2D eigenvalue weighted by molar-refractivity contribution is 7.89. The lowest BCUT2D eigenvalue weighted by Gasteiger charge is -2.41. The molecule has 9 nitrogen and oxygen atoms in total. The summed E-state index contributed by atoms with van der Waals surface area (Å²) < 4.78 is 48.1. The fraction of sp³-hybridized carbons (Fsp3) is 0.531. The van der Waals surface area contributed by atoms with Crippen LogP contribution in [0, 0.1) is 11.8 Å². The monoisotopic (exact) mass is 597 g/mol. The number of rotatable bonds is 10. The predicted molar refractivity (Wildman–Crippen MR) is 163 cm³/mol. The van der Waals surface area contributed by atoms with Crippen molar-refractivity contribution in [3.63, 3.8) is 0 Å². The van der Waals surface area contributed by atoms with E-state index in [1.807, 2.05) is 46.8 Å². The molecule has 10 heteroatoms. The summed E-state index contributed by atoms with van der Waals surface area (Å²) in [6.45, 7) is 7.05. The number of carbonyl (C=O) groups is 1. The van der Waals surface area contributed by atoms with Gasteiger partial charge in [0.05, 0.1) is 30.8 Å². The number of hydrogen-bond donors (Lipinski definition) is 1. The van der Waals surface area contributed by atoms with Crippen LogP contribution in [0.1, 0.15) is 39.5 Å². The third kappa shape index (κ3) is 6.67. The smallest absolute Gasteiger partial charge is 0.240 e. The van der Waals surface area contributed by atoms with Crippen molar-refractivity contribution in [2.24, 2.45) is 18.9 Å². The Balaban J connectivity index is 1.23. The summed E-state index contributed by atoms with van der Waals surface area (Å²) in [5.74, 6) is 1.24. The van der Waals surface area contributed by atoms with Gasteiger partial charge in [-0.15, -0.1) is 0 Å². The average Bonchev–Trinajstić information content (AvgIpc) is 3.33. The molecule has 1 aromatic heterocycles. The molecule has 3 aromatic rings. The van der Waals surface area contributed by atoms with E-state index >= 15 is 0 Å². The molecule has 1 unspecified atom stereocenters. The zero-order valence-electron chi connectivity index (χ0n) is 25.0. The number of aromatic nitrogens is 1. The van der Waals surface area contributed by atoms with Crippen molar-refractivity contribution in [3.8, 4) is 17.0 Å². The molecule has 1 aliphatic heterocycles. The van der Waals surface area contributed by atoms with Gasteiger partial charge in [-0.05, 0) is 79.6 Å². The quantitative estimate of drug-likeness (QED) is 0.343. The van der Waals surface area contributed by atoms with E-state index in [9.17, 15) is 13.2 Å². The van der Waals surface area contributed by atoms with Crippen LogP contribution in [0.5, 0.6) is 5.75 Å². The number of carbonyl (C=O) groups excluding carboxylic acids is 1. The number of amides is 1. The lowest BCUT2D eigenvalue weighted by molar-refractivity contribution is -0.147. The summed E-state index contributed by atoms with van der Waals surface area (Å²) in [4.78, 5) is 15.6. The Bertz CT molecular complexity index is 1480. The van der Waals surface area contributed by atoms with E-state index < -0.39 is 10.0 Å². The fourth-order valence-corrected chi connectivity index (χ4v) is 7.47. The summed E-state index contributed by atoms with van der Waals surface area (Å²) in [5.41, 5.74) is 2.84. The molecule has 1 atom stereocenters. The third-order valence-corrected chi connectivity index (χ3v) is 10.2. The first-order valence-electron chi connectivity index (χ1n) is 14.9. The van der Waals surface area contributed by atoms with Crippen molar-refractivity contribution in [1.29, 1.82) is 0 Å². The zero-order valence-corrected chi connectivity index (χ0v) is 25.9. The molecular formula is C32H43N3O6S. The number of methoxy groups -OCH3 is 1. The average molecular weight is 598 g/mol. The Labute approximate surface area is 249 Å². The minimum absolute atomic E-state index is 0.0609. The maximum absolute atomic E-state index is 13.4. The standard InChI is InChI=1S/C32H43N3O6S/c1-22(2)31-21-40-16-15-35(31)32(36)24-5-10-26(11-6-24)33-42(37,38)28-14-9-25-19-29(34(3)30(25)20-28)23-7-12-27(13-8-23)41-18-17-39-4/h7-9,12-14,19-20,22,24,26,31,33H,5-6,10-11,15-18,21H2,1-4H3. The largest absolute Gasteiger partial charge is 0.491 e. The molecule has 2 heterocycles. The van der Waals surface area contributed by atoms with Gasteiger partial charge < -0.3 is 23.7 Å². The minimum Gasteiger partial charge on any atom is -0.491 e. The Morgan fingerprint density at radius 2 is 1.79 bits per heavy atom. The van der Waals surface area contributed by atoms with E-state index in [2.05, 4.69) is 24.6 Å². The molecule has 0 radical (unpaired) electrons. The van der Waals surface area contributed by atoms with Gasteiger partial charge in [0.15, 0.2) is 0 Å². The van der Waals surface area contributed by atoms with E-state index in [-0.39, 0.29) is 28.8 Å². The third-order valence-electron chi connectivity index (χ3n) is 8.65. The molecule has 2 fully saturated rings. The maximum Gasteiger partial charge on any atom is 0.240 e. The van der Waals surface area contributed by atoms with Gasteiger partial charge in [-0.1, -0.05) is 19.9 Å². The molecule has 42 heavy (non-hydrogen) atoms. The zero-order chi connectivity index (χ0) is 29.9. The number of nitrogens with zero attached hydrogens (tertiary/aromatic N) is 2. The Kier molecular flexibility index (Phi) is 9.57. The second kappa shape index (κ2) is 13.2. The molecule has 1 saturated heterocycles. The van der Waals surface area contributed by atoms with Gasteiger partial charge in [-0.25, -0.2) is 13.1 Å². The van der Waals surface area contributed by atoms with Gasteiger partial charge >= 0.3 is 0 Å². The first-order chi connectivity index (χ1) is 20.2. The van der Waals surface area contributed by atoms with Gasteiger partial charge in [-0.2, -0.15) is 0 Å². The Morgan fingerprint density at radius 3 is 2.48 bits per heavy atom. The summed E-state index contributed by atoms with van der Waals surface area (Å²) in [6.07, 6.45) is 2.66. The van der Waals surface area contributed by atoms with Crippen LogP contribution in [0.25, 0.3) is 22.2 Å². The number of ether oxygens (including phenoxy) is 3. The van der Waals surface area contributed by atoms with Gasteiger partial charge in [-0.3, -0.25) is 4.79 Å². The molecule has 228 valence electrons. The summed E-state index contributed by atoms with van der Waals surface area (Å²) in [6, 6.07) is 15.1. The van der Waals surface area contributed by atoms with E-state index in [1.54, 1.807) is 19.2 Å². The van der Waals surface area contributed by atoms with Crippen LogP contribution < -0.4 is 9.46 Å². The maximum atomic E-state index is 13.4. The normalized spacial score (nSPS) is 21.6. The lowest BCUT2D eigenvalue weighted by atomic mass is 9.85. The van der Waals surface area contributed by atoms with Crippen LogP contribution >= 0.6 is 0 Å². The van der Waals surface area contributed by atoms with Crippen molar-refractivity contribution in [2.75, 3.05) is 40.1 Å². The summed E-state index contributed by atoms with van der Waals surface area (Å²) in [7, 11) is -0.133. The molecule has 1 N–H and O–H groups in total. The van der Waals surface area contributed by atoms with Gasteiger partial charge in [0, 0.05) is 49.3 Å². The highest BCUT2D eigenvalue weighted by atomic mass is 32.2. The van der Waals surface area contributed by atoms with Gasteiger partial charge in [0.2, 0.25) is 15.9 Å². The SMILES string of the molecule is COCCOc1ccc(-c2cc3ccc(S(=O)(=O)NC4CCC(C(=O)N5CCOCC5C(C)C)CC4)cc3n2C)cc1. The number of morpholine rings is 1. The van der Waals surface area contributed by atoms with Crippen LogP contribution in [-0.2, 0) is 31.3 Å². The molecule has 0 spiro atoms. The van der Waals surface area contributed by atoms with Crippen LogP contribution in [-0.4, -0.2) is 76.0 Å². The molecular weight excluding hydrogens is 554 g/mol. The topological polar surface area (TPSA) is 99.1 Å². The molecule has 1 aliphatic carbocycles. The van der Waals surface area contributed by atoms with E-state index in [0.29, 0.717) is 64.6 Å². The van der Waals surface area contributed by atoms with E-state index in [4.69, 9.17) is 14.2 Å². The number of nitrogens with one attached hydrogen (secondary N) is 1. The molecule has 1 saturated carbocycles. The van der Waals surface area contributed by atoms with Crippen LogP contribution in [0.3, 0.4) is 0 Å². The summed E-state index contributed by atoms with van der Waals surface area (Å²) in [5, 5.41) is 0.966. The molecule has 0 bridgehead atoms. The van der Waals surface area contributed by atoms with Gasteiger partial charge in [0.1, 0.15) is 12.4 Å². The molecule has 2 aliphatic rings. The number of sulfonamides is 1. The second-order valence-electron chi connectivity index (χ2n) is 11.8. The van der Waals surface area contributed by atoms with Crippen LogP contribution in [0.2, 0.25) is 0 Å². The van der Waals surface area contributed by atoms with Crippen molar-refractivity contribution in [3.05, 3.63) is 48.5 Å². The minimum atomic E-state index is -3.72. The molecule has 5 rings (SSSR count). The number of aryl methyl sites for hydroxylation is 1. The second-order valence-corrected chi connectivity index (χ2v) is 13.5. The first kappa shape index (κ1) is 30.5. The van der Waals surface area contributed by atoms with Crippen molar-refractivity contribution in [2.45, 2.75) is 56.5 Å². The van der Waals surface area contributed by atoms with Crippen molar-refractivity contribution < 1.29 is 27.4 Å². The highest BCUT2D eigenvalue weighted by Gasteiger charge is 2.36. The van der Waals surface area contributed by atoms with E-state index in [0.717, 1.165) is 27.9 Å². The number of benzene rings is 2. The van der Waals surface area contributed by atoms with Crippen molar-refractivity contribution >= 4 is 26.8 Å². The Morgan fingerprint density at radius 1 is 1.05 bits per heavy atom. The first-order valence-corrected chi connectivity index (χ1v) is 16.4. The Hall–Kier alpha value is -2.92. The lowest BCUT2D eigenvalue weighted by Crippen LogP contribution is -2.53. The fourth-order valence-electron chi connectivity index (χ4n) is 6.15. The molecule has 2 aromatic carbocycles. The predicted octanol–water partition coefficient (Wildman–Crippen LogP) is 4.59. The highest BCUT2D eigenvalue weighted by Crippen LogP contribution is 2.32. The number of fused-ring (bicyclic) bond motifs is 1. The number of hydrogen-bond acceptors (Lipinski definition) is 6. The molecule has 1 amide bonds. The van der Waals surface area contributed by atoms with Crippen molar-refractivity contribution in [1.82, 2.24) is 14.2 Å². The summed E-state index contributed by atoms with van der Waals surface area (Å²) >= 11 is 0. The van der Waals surface area contributed by atoms with E-state index in [1.165, 1.54) is 0 Å². The van der Waals surface area contributed by atoms with Crippen LogP contribution in [0.15, 0.2) is 53.4 Å².